The molecule has 2 heterocycles. The number of aryl methyl sites for hydroxylation is 1. The summed E-state index contributed by atoms with van der Waals surface area (Å²) in [7, 11) is 1.61. The average Bonchev–Trinajstić information content (AvgIpc) is 3.16. The molecule has 35 heavy (non-hydrogen) atoms. The second-order valence-electron chi connectivity index (χ2n) is 10.7. The molecule has 6 heteroatoms. The maximum absolute atomic E-state index is 13.8. The zero-order valence-electron chi connectivity index (χ0n) is 21.2. The van der Waals surface area contributed by atoms with Crippen LogP contribution in [0, 0.1) is 12.3 Å². The van der Waals surface area contributed by atoms with E-state index in [4.69, 9.17) is 9.47 Å². The number of nitrogens with zero attached hydrogens (tertiary/aromatic N) is 2. The van der Waals surface area contributed by atoms with Crippen LogP contribution in [0.25, 0.3) is 0 Å². The van der Waals surface area contributed by atoms with E-state index < -0.39 is 0 Å². The van der Waals surface area contributed by atoms with Gasteiger partial charge in [-0.15, -0.1) is 0 Å². The van der Waals surface area contributed by atoms with Crippen molar-refractivity contribution in [3.63, 3.8) is 0 Å². The normalized spacial score (nSPS) is 29.1. The third-order valence-corrected chi connectivity index (χ3v) is 8.57. The molecule has 2 saturated heterocycles. The summed E-state index contributed by atoms with van der Waals surface area (Å²) in [4.78, 5) is 31.1. The highest BCUT2D eigenvalue weighted by Gasteiger charge is 2.64. The molecule has 0 aromatic heterocycles. The second kappa shape index (κ2) is 9.21. The van der Waals surface area contributed by atoms with Gasteiger partial charge in [0.15, 0.2) is 18.1 Å². The molecule has 0 radical (unpaired) electrons. The van der Waals surface area contributed by atoms with E-state index in [0.717, 1.165) is 37.7 Å². The van der Waals surface area contributed by atoms with Gasteiger partial charge in [0.05, 0.1) is 19.2 Å². The average molecular weight is 477 g/mol. The topological polar surface area (TPSA) is 59.1 Å². The summed E-state index contributed by atoms with van der Waals surface area (Å²) < 4.78 is 11.5. The fourth-order valence-electron chi connectivity index (χ4n) is 7.10. The Morgan fingerprint density at radius 2 is 1.74 bits per heavy atom. The number of carbonyl (C=O) groups is 2. The summed E-state index contributed by atoms with van der Waals surface area (Å²) in [5.41, 5.74) is 2.18. The zero-order valence-corrected chi connectivity index (χ0v) is 21.2. The second-order valence-corrected chi connectivity index (χ2v) is 10.7. The minimum absolute atomic E-state index is 0.00420. The maximum Gasteiger partial charge on any atom is 0.261 e. The molecule has 3 fully saturated rings. The lowest BCUT2D eigenvalue weighted by atomic mass is 9.64. The number of likely N-dealkylation sites (tertiary alicyclic amines) is 2. The van der Waals surface area contributed by atoms with Gasteiger partial charge in [0.25, 0.3) is 5.91 Å². The van der Waals surface area contributed by atoms with Crippen LogP contribution in [0.1, 0.15) is 50.7 Å². The molecule has 2 aromatic carbocycles. The predicted octanol–water partition coefficient (Wildman–Crippen LogP) is 4.38. The van der Waals surface area contributed by atoms with Gasteiger partial charge in [-0.25, -0.2) is 0 Å². The molecule has 0 unspecified atom stereocenters. The third-order valence-electron chi connectivity index (χ3n) is 8.57. The van der Waals surface area contributed by atoms with Gasteiger partial charge in [-0.05, 0) is 62.3 Å². The molecular formula is C29H36N2O4. The Morgan fingerprint density at radius 3 is 2.43 bits per heavy atom. The van der Waals surface area contributed by atoms with Crippen molar-refractivity contribution in [2.75, 3.05) is 13.7 Å². The quantitative estimate of drug-likeness (QED) is 0.621. The van der Waals surface area contributed by atoms with Crippen LogP contribution >= 0.6 is 0 Å². The molecular weight excluding hydrogens is 440 g/mol. The number of hydrogen-bond donors (Lipinski definition) is 0. The van der Waals surface area contributed by atoms with Gasteiger partial charge in [0.1, 0.15) is 0 Å². The van der Waals surface area contributed by atoms with Crippen LogP contribution in [0.3, 0.4) is 0 Å². The Bertz CT molecular complexity index is 1100. The van der Waals surface area contributed by atoms with Gasteiger partial charge < -0.3 is 19.3 Å². The molecule has 5 atom stereocenters. The Hall–Kier alpha value is -3.02. The lowest BCUT2D eigenvalue weighted by molar-refractivity contribution is -0.143. The summed E-state index contributed by atoms with van der Waals surface area (Å²) in [6.45, 7) is 5.94. The molecule has 5 rings (SSSR count). The van der Waals surface area contributed by atoms with Crippen molar-refractivity contribution >= 4 is 11.8 Å². The molecule has 3 aliphatic rings. The van der Waals surface area contributed by atoms with Crippen molar-refractivity contribution in [1.29, 1.82) is 0 Å². The van der Waals surface area contributed by atoms with Crippen LogP contribution in [0.5, 0.6) is 11.5 Å². The summed E-state index contributed by atoms with van der Waals surface area (Å²) in [6.07, 6.45) is 4.69. The molecule has 2 amide bonds. The lowest BCUT2D eigenvalue weighted by Gasteiger charge is -2.52. The first-order chi connectivity index (χ1) is 16.8. The highest BCUT2D eigenvalue weighted by molar-refractivity contribution is 5.80. The van der Waals surface area contributed by atoms with Crippen molar-refractivity contribution in [2.45, 2.75) is 77.0 Å². The smallest absolute Gasteiger partial charge is 0.261 e. The standard InChI is InChI=1S/C29H36N2O4/c1-19-13-14-24(25(15-19)34-4)35-18-28(33)31-23-17-29(3)26(11-8-12-27(29)31)30(20(2)32)22(23)16-21-9-6-5-7-10-21/h5-7,9-10,13-15,22-23,26-27H,8,11-12,16-18H2,1-4H3/t22-,23+,26-,27+,29-/m1/s1. The van der Waals surface area contributed by atoms with E-state index in [9.17, 15) is 9.59 Å². The van der Waals surface area contributed by atoms with Crippen molar-refractivity contribution < 1.29 is 19.1 Å². The number of benzene rings is 2. The van der Waals surface area contributed by atoms with E-state index in [1.807, 2.05) is 43.3 Å². The highest BCUT2D eigenvalue weighted by atomic mass is 16.5. The molecule has 6 nitrogen and oxygen atoms in total. The van der Waals surface area contributed by atoms with Crippen molar-refractivity contribution in [1.82, 2.24) is 9.80 Å². The van der Waals surface area contributed by atoms with E-state index in [0.29, 0.717) is 11.5 Å². The summed E-state index contributed by atoms with van der Waals surface area (Å²) in [6, 6.07) is 16.3. The Morgan fingerprint density at radius 1 is 1.03 bits per heavy atom. The van der Waals surface area contributed by atoms with Crippen molar-refractivity contribution in [3.8, 4) is 11.5 Å². The number of fused-ring (bicyclic) bond motifs is 1. The first kappa shape index (κ1) is 23.7. The molecule has 0 N–H and O–H groups in total. The van der Waals surface area contributed by atoms with Gasteiger partial charge >= 0.3 is 0 Å². The monoisotopic (exact) mass is 476 g/mol. The van der Waals surface area contributed by atoms with E-state index in [1.165, 1.54) is 5.56 Å². The number of methoxy groups -OCH3 is 1. The predicted molar refractivity (Wildman–Crippen MR) is 134 cm³/mol. The Kier molecular flexibility index (Phi) is 6.24. The Balaban J connectivity index is 1.45. The van der Waals surface area contributed by atoms with Crippen molar-refractivity contribution in [2.24, 2.45) is 5.41 Å². The largest absolute Gasteiger partial charge is 0.493 e. The fraction of sp³-hybridized carbons (Fsp3) is 0.517. The van der Waals surface area contributed by atoms with Crippen LogP contribution in [-0.4, -0.2) is 59.5 Å². The van der Waals surface area contributed by atoms with Gasteiger partial charge in [-0.2, -0.15) is 0 Å². The number of piperidine rings is 1. The van der Waals surface area contributed by atoms with Gasteiger partial charge in [0, 0.05) is 24.4 Å². The minimum atomic E-state index is -0.0843. The van der Waals surface area contributed by atoms with E-state index >= 15 is 0 Å². The van der Waals surface area contributed by atoms with E-state index in [-0.39, 0.29) is 48.0 Å². The summed E-state index contributed by atoms with van der Waals surface area (Å²) in [5, 5.41) is 0. The molecule has 1 saturated carbocycles. The van der Waals surface area contributed by atoms with E-state index in [2.05, 4.69) is 28.9 Å². The zero-order chi connectivity index (χ0) is 24.7. The number of carbonyl (C=O) groups excluding carboxylic acids is 2. The highest BCUT2D eigenvalue weighted by Crippen LogP contribution is 2.56. The van der Waals surface area contributed by atoms with Crippen molar-refractivity contribution in [3.05, 3.63) is 59.7 Å². The van der Waals surface area contributed by atoms with Crippen LogP contribution in [-0.2, 0) is 16.0 Å². The molecule has 2 aliphatic heterocycles. The molecule has 2 bridgehead atoms. The number of hydrogen-bond acceptors (Lipinski definition) is 4. The van der Waals surface area contributed by atoms with E-state index in [1.54, 1.807) is 14.0 Å². The number of amides is 2. The minimum Gasteiger partial charge on any atom is -0.493 e. The van der Waals surface area contributed by atoms with Crippen LogP contribution in [0.2, 0.25) is 0 Å². The molecule has 1 aliphatic carbocycles. The molecule has 2 aromatic rings. The van der Waals surface area contributed by atoms with Crippen LogP contribution < -0.4 is 9.47 Å². The number of ether oxygens (including phenoxy) is 2. The van der Waals surface area contributed by atoms with Crippen LogP contribution in [0.4, 0.5) is 0 Å². The summed E-state index contributed by atoms with van der Waals surface area (Å²) >= 11 is 0. The SMILES string of the molecule is COc1cc(C)ccc1OCC(=O)N1[C@H]2CCC[C@H]3N(C(C)=O)[C@H](Cc4ccccc4)[C@@H]1C[C@@]23C. The third kappa shape index (κ3) is 4.07. The Labute approximate surface area is 208 Å². The van der Waals surface area contributed by atoms with Gasteiger partial charge in [-0.3, -0.25) is 9.59 Å². The molecule has 186 valence electrons. The molecule has 0 spiro atoms. The first-order valence-corrected chi connectivity index (χ1v) is 12.7. The summed E-state index contributed by atoms with van der Waals surface area (Å²) in [5.74, 6) is 1.32. The van der Waals surface area contributed by atoms with Gasteiger partial charge in [-0.1, -0.05) is 43.3 Å². The maximum atomic E-state index is 13.8. The lowest BCUT2D eigenvalue weighted by Crippen LogP contribution is -2.62. The first-order valence-electron chi connectivity index (χ1n) is 12.7. The van der Waals surface area contributed by atoms with Crippen LogP contribution in [0.15, 0.2) is 48.5 Å². The number of rotatable bonds is 6. The van der Waals surface area contributed by atoms with Gasteiger partial charge in [0.2, 0.25) is 5.91 Å². The fourth-order valence-corrected chi connectivity index (χ4v) is 7.10.